The summed E-state index contributed by atoms with van der Waals surface area (Å²) in [5, 5.41) is 0.520. The molecule has 2 saturated heterocycles. The highest BCUT2D eigenvalue weighted by Gasteiger charge is 2.41. The molecule has 3 nitrogen and oxygen atoms in total. The van der Waals surface area contributed by atoms with Gasteiger partial charge in [0.2, 0.25) is 5.12 Å². The van der Waals surface area contributed by atoms with E-state index in [1.807, 2.05) is 42.5 Å². The zero-order valence-electron chi connectivity index (χ0n) is 16.8. The summed E-state index contributed by atoms with van der Waals surface area (Å²) in [7, 11) is 0. The summed E-state index contributed by atoms with van der Waals surface area (Å²) >= 11 is 16.2. The number of nitrogens with zero attached hydrogens (tertiary/aromatic N) is 2. The number of carbonyl (C=O) groups excluding carboxylic acids is 1. The Morgan fingerprint density at radius 1 is 0.833 bits per heavy atom. The molecule has 0 spiro atoms. The summed E-state index contributed by atoms with van der Waals surface area (Å²) in [4.78, 5) is 17.2. The highest BCUT2D eigenvalue weighted by atomic mass is 32.2. The lowest BCUT2D eigenvalue weighted by Gasteiger charge is -2.32. The minimum atomic E-state index is 0.0366. The van der Waals surface area contributed by atoms with Gasteiger partial charge in [0.25, 0.3) is 0 Å². The SMILES string of the molecule is CC1SC(=S)N(c2ccccc2N2C(=S)SC(SC(=O)c3ccccc3)C2C)C1C. The van der Waals surface area contributed by atoms with Crippen molar-refractivity contribution in [3.63, 3.8) is 0 Å². The van der Waals surface area contributed by atoms with Crippen molar-refractivity contribution in [1.29, 1.82) is 0 Å². The number of rotatable bonds is 4. The Hall–Kier alpha value is -1.06. The van der Waals surface area contributed by atoms with Gasteiger partial charge in [-0.1, -0.05) is 109 Å². The third-order valence-corrected chi connectivity index (χ3v) is 10.2. The van der Waals surface area contributed by atoms with Crippen LogP contribution >= 0.6 is 59.7 Å². The number of para-hydroxylation sites is 2. The molecule has 2 aliphatic rings. The molecule has 0 amide bonds. The third-order valence-electron chi connectivity index (χ3n) is 5.42. The predicted molar refractivity (Wildman–Crippen MR) is 142 cm³/mol. The molecule has 2 aliphatic heterocycles. The van der Waals surface area contributed by atoms with E-state index in [2.05, 4.69) is 42.7 Å². The Kier molecular flexibility index (Phi) is 6.79. The van der Waals surface area contributed by atoms with Crippen molar-refractivity contribution in [3.8, 4) is 0 Å². The molecule has 30 heavy (non-hydrogen) atoms. The Morgan fingerprint density at radius 2 is 1.37 bits per heavy atom. The van der Waals surface area contributed by atoms with Gasteiger partial charge < -0.3 is 9.80 Å². The van der Waals surface area contributed by atoms with Crippen molar-refractivity contribution in [2.45, 2.75) is 42.7 Å². The first kappa shape index (κ1) is 22.1. The molecule has 0 aromatic heterocycles. The average molecular weight is 491 g/mol. The predicted octanol–water partition coefficient (Wildman–Crippen LogP) is 6.43. The van der Waals surface area contributed by atoms with Gasteiger partial charge in [-0.15, -0.1) is 0 Å². The number of anilines is 2. The van der Waals surface area contributed by atoms with Crippen LogP contribution in [0.25, 0.3) is 0 Å². The highest BCUT2D eigenvalue weighted by Crippen LogP contribution is 2.47. The summed E-state index contributed by atoms with van der Waals surface area (Å²) in [6.45, 7) is 6.57. The van der Waals surface area contributed by atoms with E-state index in [0.29, 0.717) is 11.3 Å². The molecule has 0 aliphatic carbocycles. The van der Waals surface area contributed by atoms with Crippen LogP contribution in [0.15, 0.2) is 54.6 Å². The van der Waals surface area contributed by atoms with Gasteiger partial charge in [0.15, 0.2) is 0 Å². The minimum absolute atomic E-state index is 0.0366. The van der Waals surface area contributed by atoms with Gasteiger partial charge in [-0.2, -0.15) is 0 Å². The van der Waals surface area contributed by atoms with E-state index in [9.17, 15) is 4.79 Å². The molecular formula is C22H22N2OS5. The summed E-state index contributed by atoms with van der Waals surface area (Å²) < 4.78 is 1.74. The Morgan fingerprint density at radius 3 is 1.93 bits per heavy atom. The molecule has 2 aromatic carbocycles. The lowest BCUT2D eigenvalue weighted by atomic mass is 10.1. The van der Waals surface area contributed by atoms with Crippen molar-refractivity contribution >= 4 is 84.9 Å². The first-order valence-electron chi connectivity index (χ1n) is 9.73. The highest BCUT2D eigenvalue weighted by molar-refractivity contribution is 8.34. The van der Waals surface area contributed by atoms with Crippen molar-refractivity contribution in [2.75, 3.05) is 9.80 Å². The standard InChI is InChI=1S/C22H22N2OS5/c1-13-15(3)28-21(26)23(13)17-11-7-8-12-18(17)24-14(2)20(30-22(24)27)29-19(25)16-9-5-4-6-10-16/h4-15,20H,1-3H3. The van der Waals surface area contributed by atoms with Crippen molar-refractivity contribution in [2.24, 2.45) is 0 Å². The monoisotopic (exact) mass is 490 g/mol. The van der Waals surface area contributed by atoms with Crippen LogP contribution in [-0.2, 0) is 0 Å². The number of hydrogen-bond acceptors (Lipinski definition) is 6. The van der Waals surface area contributed by atoms with Gasteiger partial charge in [-0.3, -0.25) is 4.79 Å². The van der Waals surface area contributed by atoms with Crippen molar-refractivity contribution < 1.29 is 4.79 Å². The van der Waals surface area contributed by atoms with E-state index >= 15 is 0 Å². The fraction of sp³-hybridized carbons (Fsp3) is 0.318. The van der Waals surface area contributed by atoms with Gasteiger partial charge in [-0.05, 0) is 26.0 Å². The molecule has 4 unspecified atom stereocenters. The van der Waals surface area contributed by atoms with Crippen molar-refractivity contribution in [3.05, 3.63) is 60.2 Å². The van der Waals surface area contributed by atoms with Crippen LogP contribution in [0.3, 0.4) is 0 Å². The van der Waals surface area contributed by atoms with Crippen LogP contribution in [0.5, 0.6) is 0 Å². The summed E-state index contributed by atoms with van der Waals surface area (Å²) in [6.07, 6.45) is 0. The molecule has 156 valence electrons. The lowest BCUT2D eigenvalue weighted by molar-refractivity contribution is 0.108. The summed E-state index contributed by atoms with van der Waals surface area (Å²) in [6, 6.07) is 18.1. The van der Waals surface area contributed by atoms with Gasteiger partial charge in [-0.25, -0.2) is 0 Å². The second-order valence-electron chi connectivity index (χ2n) is 7.32. The normalized spacial score (nSPS) is 26.5. The van der Waals surface area contributed by atoms with Crippen LogP contribution in [-0.4, -0.2) is 35.7 Å². The maximum atomic E-state index is 12.8. The number of carbonyl (C=O) groups is 1. The molecule has 0 bridgehead atoms. The molecular weight excluding hydrogens is 469 g/mol. The molecule has 4 rings (SSSR count). The van der Waals surface area contributed by atoms with E-state index in [1.165, 1.54) is 11.8 Å². The maximum absolute atomic E-state index is 12.8. The summed E-state index contributed by atoms with van der Waals surface area (Å²) in [5.41, 5.74) is 2.87. The van der Waals surface area contributed by atoms with Gasteiger partial charge in [0.05, 0.1) is 22.0 Å². The van der Waals surface area contributed by atoms with Crippen molar-refractivity contribution in [1.82, 2.24) is 0 Å². The molecule has 0 saturated carbocycles. The van der Waals surface area contributed by atoms with Gasteiger partial charge in [0.1, 0.15) is 8.64 Å². The Balaban J connectivity index is 1.60. The van der Waals surface area contributed by atoms with E-state index in [-0.39, 0.29) is 15.7 Å². The lowest BCUT2D eigenvalue weighted by Crippen LogP contribution is -2.38. The van der Waals surface area contributed by atoms with Gasteiger partial charge in [0, 0.05) is 16.9 Å². The molecule has 8 heteroatoms. The van der Waals surface area contributed by atoms with Crippen LogP contribution in [0, 0.1) is 0 Å². The quantitative estimate of drug-likeness (QED) is 0.452. The summed E-state index contributed by atoms with van der Waals surface area (Å²) in [5.74, 6) is 0. The molecule has 0 radical (unpaired) electrons. The Labute approximate surface area is 201 Å². The first-order chi connectivity index (χ1) is 14.4. The third kappa shape index (κ3) is 4.17. The fourth-order valence-electron chi connectivity index (χ4n) is 3.61. The van der Waals surface area contributed by atoms with E-state index < -0.39 is 0 Å². The number of benzene rings is 2. The zero-order chi connectivity index (χ0) is 21.4. The topological polar surface area (TPSA) is 23.6 Å². The smallest absolute Gasteiger partial charge is 0.220 e. The van der Waals surface area contributed by atoms with Crippen LogP contribution in [0.1, 0.15) is 31.1 Å². The largest absolute Gasteiger partial charge is 0.322 e. The molecule has 2 heterocycles. The zero-order valence-corrected chi connectivity index (χ0v) is 20.9. The first-order valence-corrected chi connectivity index (χ1v) is 13.2. The molecule has 0 N–H and O–H groups in total. The Bertz CT molecular complexity index is 983. The maximum Gasteiger partial charge on any atom is 0.220 e. The van der Waals surface area contributed by atoms with E-state index in [4.69, 9.17) is 24.4 Å². The number of thiocarbonyl (C=S) groups is 2. The molecule has 2 aromatic rings. The van der Waals surface area contributed by atoms with Gasteiger partial charge >= 0.3 is 0 Å². The van der Waals surface area contributed by atoms with Crippen LogP contribution in [0.2, 0.25) is 0 Å². The van der Waals surface area contributed by atoms with E-state index in [1.54, 1.807) is 23.5 Å². The molecule has 4 atom stereocenters. The number of hydrogen-bond donors (Lipinski definition) is 0. The van der Waals surface area contributed by atoms with Crippen LogP contribution < -0.4 is 9.80 Å². The number of thioether (sulfide) groups is 3. The fourth-order valence-corrected chi connectivity index (χ4v) is 8.53. The molecule has 2 fully saturated rings. The van der Waals surface area contributed by atoms with E-state index in [0.717, 1.165) is 25.6 Å². The van der Waals surface area contributed by atoms with Crippen LogP contribution in [0.4, 0.5) is 11.4 Å². The second-order valence-corrected chi connectivity index (χ2v) is 12.5. The minimum Gasteiger partial charge on any atom is -0.322 e. The average Bonchev–Trinajstić information content (AvgIpc) is 3.16. The second kappa shape index (κ2) is 9.20.